The molecule has 132 valence electrons. The van der Waals surface area contributed by atoms with Crippen LogP contribution in [0.15, 0.2) is 40.8 Å². The summed E-state index contributed by atoms with van der Waals surface area (Å²) < 4.78 is 5.67. The largest absolute Gasteiger partial charge is 0.461 e. The van der Waals surface area contributed by atoms with Crippen molar-refractivity contribution in [2.45, 2.75) is 63.6 Å². The number of carbonyl (C=O) groups excluding carboxylic acids is 1. The molecule has 0 bridgehead atoms. The predicted molar refractivity (Wildman–Crippen MR) is 98.5 cm³/mol. The zero-order valence-electron chi connectivity index (χ0n) is 14.8. The lowest BCUT2D eigenvalue weighted by atomic mass is 9.85. The highest BCUT2D eigenvalue weighted by molar-refractivity contribution is 5.95. The van der Waals surface area contributed by atoms with Crippen LogP contribution in [0.5, 0.6) is 0 Å². The summed E-state index contributed by atoms with van der Waals surface area (Å²) >= 11 is 0. The summed E-state index contributed by atoms with van der Waals surface area (Å²) in [6, 6.07) is 12.9. The van der Waals surface area contributed by atoms with E-state index in [1.807, 2.05) is 43.3 Å². The van der Waals surface area contributed by atoms with Crippen molar-refractivity contribution < 1.29 is 9.21 Å². The van der Waals surface area contributed by atoms with Crippen LogP contribution >= 0.6 is 0 Å². The summed E-state index contributed by atoms with van der Waals surface area (Å²) in [5.41, 5.74) is 1.63. The van der Waals surface area contributed by atoms with Gasteiger partial charge in [0.05, 0.1) is 0 Å². The first-order chi connectivity index (χ1) is 12.2. The third kappa shape index (κ3) is 3.64. The summed E-state index contributed by atoms with van der Waals surface area (Å²) in [6.45, 7) is 1.92. The van der Waals surface area contributed by atoms with Crippen molar-refractivity contribution in [2.75, 3.05) is 0 Å². The quantitative estimate of drug-likeness (QED) is 0.865. The van der Waals surface area contributed by atoms with Gasteiger partial charge in [-0.15, -0.1) is 0 Å². The van der Waals surface area contributed by atoms with Crippen molar-refractivity contribution in [3.63, 3.8) is 0 Å². The zero-order chi connectivity index (χ0) is 17.2. The second-order valence-electron chi connectivity index (χ2n) is 7.40. The molecule has 0 saturated heterocycles. The van der Waals surface area contributed by atoms with Crippen molar-refractivity contribution in [3.8, 4) is 11.3 Å². The van der Waals surface area contributed by atoms with Crippen molar-refractivity contribution in [2.24, 2.45) is 0 Å². The Bertz CT molecular complexity index is 746. The Kier molecular flexibility index (Phi) is 4.62. The smallest absolute Gasteiger partial charge is 0.251 e. The maximum absolute atomic E-state index is 12.6. The van der Waals surface area contributed by atoms with Gasteiger partial charge in [0.15, 0.2) is 0 Å². The molecule has 2 aliphatic carbocycles. The Morgan fingerprint density at radius 2 is 1.84 bits per heavy atom. The number of benzene rings is 1. The van der Waals surface area contributed by atoms with E-state index in [-0.39, 0.29) is 11.9 Å². The fourth-order valence-corrected chi connectivity index (χ4v) is 3.92. The first-order valence-electron chi connectivity index (χ1n) is 9.43. The third-order valence-electron chi connectivity index (χ3n) is 5.55. The van der Waals surface area contributed by atoms with Crippen LogP contribution in [0, 0.1) is 6.92 Å². The van der Waals surface area contributed by atoms with E-state index in [4.69, 9.17) is 4.42 Å². The van der Waals surface area contributed by atoms with Gasteiger partial charge in [-0.05, 0) is 56.9 Å². The molecule has 2 aromatic rings. The number of hydrogen-bond donors (Lipinski definition) is 2. The van der Waals surface area contributed by atoms with E-state index < -0.39 is 0 Å². The Morgan fingerprint density at radius 3 is 2.52 bits per heavy atom. The van der Waals surface area contributed by atoms with Gasteiger partial charge in [-0.2, -0.15) is 0 Å². The Hall–Kier alpha value is -2.07. The summed E-state index contributed by atoms with van der Waals surface area (Å²) in [5.74, 6) is 1.68. The monoisotopic (exact) mass is 338 g/mol. The Balaban J connectivity index is 1.39. The summed E-state index contributed by atoms with van der Waals surface area (Å²) in [6.07, 6.45) is 7.45. The Labute approximate surface area is 149 Å². The normalized spacial score (nSPS) is 23.4. The first kappa shape index (κ1) is 16.4. The molecule has 0 radical (unpaired) electrons. The zero-order valence-corrected chi connectivity index (χ0v) is 14.8. The number of rotatable bonds is 5. The van der Waals surface area contributed by atoms with Gasteiger partial charge in [-0.3, -0.25) is 4.79 Å². The van der Waals surface area contributed by atoms with Gasteiger partial charge in [0.25, 0.3) is 5.91 Å². The number of nitrogens with one attached hydrogen (secondary N) is 2. The van der Waals surface area contributed by atoms with Crippen LogP contribution in [0.1, 0.15) is 54.6 Å². The topological polar surface area (TPSA) is 54.3 Å². The predicted octanol–water partition coefficient (Wildman–Crippen LogP) is 4.05. The van der Waals surface area contributed by atoms with E-state index in [1.54, 1.807) is 0 Å². The molecule has 4 nitrogen and oxygen atoms in total. The molecule has 1 aromatic heterocycles. The molecule has 4 heteroatoms. The van der Waals surface area contributed by atoms with Gasteiger partial charge in [-0.25, -0.2) is 0 Å². The lowest BCUT2D eigenvalue weighted by Gasteiger charge is -2.39. The van der Waals surface area contributed by atoms with Crippen molar-refractivity contribution in [1.82, 2.24) is 10.6 Å². The minimum atomic E-state index is 0.00745. The van der Waals surface area contributed by atoms with E-state index in [0.29, 0.717) is 17.6 Å². The molecule has 2 saturated carbocycles. The summed E-state index contributed by atoms with van der Waals surface area (Å²) in [4.78, 5) is 12.6. The standard InChI is InChI=1S/C21H26N2O2/c1-14-9-12-20(25-14)15-5-4-6-16(13-15)21(24)23-19-11-10-18(19)22-17-7-2-3-8-17/h4-6,9,12-13,17-19,22H,2-3,7-8,10-11H2,1H3,(H,23,24)/t18-,19+/m1/s1. The molecule has 0 aliphatic heterocycles. The van der Waals surface area contributed by atoms with E-state index in [0.717, 1.165) is 29.9 Å². The van der Waals surface area contributed by atoms with Gasteiger partial charge in [0.2, 0.25) is 0 Å². The van der Waals surface area contributed by atoms with E-state index >= 15 is 0 Å². The minimum Gasteiger partial charge on any atom is -0.461 e. The third-order valence-corrected chi connectivity index (χ3v) is 5.55. The molecular formula is C21H26N2O2. The second kappa shape index (κ2) is 7.04. The molecule has 1 amide bonds. The molecule has 0 spiro atoms. The SMILES string of the molecule is Cc1ccc(-c2cccc(C(=O)N[C@H]3CC[C@H]3NC3CCCC3)c2)o1. The molecule has 1 heterocycles. The molecule has 2 aliphatic rings. The van der Waals surface area contributed by atoms with Crippen LogP contribution < -0.4 is 10.6 Å². The average molecular weight is 338 g/mol. The van der Waals surface area contributed by atoms with Crippen molar-refractivity contribution in [3.05, 3.63) is 47.7 Å². The average Bonchev–Trinajstić information content (AvgIpc) is 3.28. The van der Waals surface area contributed by atoms with E-state index in [1.165, 1.54) is 25.7 Å². The fraction of sp³-hybridized carbons (Fsp3) is 0.476. The van der Waals surface area contributed by atoms with Gasteiger partial charge >= 0.3 is 0 Å². The number of carbonyl (C=O) groups is 1. The highest BCUT2D eigenvalue weighted by atomic mass is 16.3. The van der Waals surface area contributed by atoms with Gasteiger partial charge in [0.1, 0.15) is 11.5 Å². The summed E-state index contributed by atoms with van der Waals surface area (Å²) in [7, 11) is 0. The molecule has 2 atom stereocenters. The van der Waals surface area contributed by atoms with Crippen LogP contribution in [-0.4, -0.2) is 24.0 Å². The highest BCUT2D eigenvalue weighted by Crippen LogP contribution is 2.26. The first-order valence-corrected chi connectivity index (χ1v) is 9.43. The van der Waals surface area contributed by atoms with Crippen LogP contribution in [-0.2, 0) is 0 Å². The van der Waals surface area contributed by atoms with Crippen LogP contribution in [0.4, 0.5) is 0 Å². The maximum atomic E-state index is 12.6. The van der Waals surface area contributed by atoms with Gasteiger partial charge < -0.3 is 15.1 Å². The number of amides is 1. The second-order valence-corrected chi connectivity index (χ2v) is 7.40. The lowest BCUT2D eigenvalue weighted by molar-refractivity contribution is 0.0889. The molecule has 1 aromatic carbocycles. The van der Waals surface area contributed by atoms with Crippen molar-refractivity contribution in [1.29, 1.82) is 0 Å². The number of furan rings is 1. The van der Waals surface area contributed by atoms with Gasteiger partial charge in [0, 0.05) is 29.3 Å². The number of hydrogen-bond acceptors (Lipinski definition) is 3. The Morgan fingerprint density at radius 1 is 1.04 bits per heavy atom. The number of aryl methyl sites for hydroxylation is 1. The van der Waals surface area contributed by atoms with Crippen molar-refractivity contribution >= 4 is 5.91 Å². The fourth-order valence-electron chi connectivity index (χ4n) is 3.92. The lowest BCUT2D eigenvalue weighted by Crippen LogP contribution is -2.58. The molecule has 0 unspecified atom stereocenters. The summed E-state index contributed by atoms with van der Waals surface area (Å²) in [5, 5.41) is 6.94. The minimum absolute atomic E-state index is 0.00745. The molecular weight excluding hydrogens is 312 g/mol. The molecule has 25 heavy (non-hydrogen) atoms. The van der Waals surface area contributed by atoms with E-state index in [2.05, 4.69) is 10.6 Å². The van der Waals surface area contributed by atoms with Crippen LogP contribution in [0.2, 0.25) is 0 Å². The van der Waals surface area contributed by atoms with Crippen LogP contribution in [0.25, 0.3) is 11.3 Å². The van der Waals surface area contributed by atoms with E-state index in [9.17, 15) is 4.79 Å². The molecule has 4 rings (SSSR count). The molecule has 2 N–H and O–H groups in total. The molecule has 2 fully saturated rings. The van der Waals surface area contributed by atoms with Crippen LogP contribution in [0.3, 0.4) is 0 Å². The van der Waals surface area contributed by atoms with Gasteiger partial charge in [-0.1, -0.05) is 25.0 Å². The highest BCUT2D eigenvalue weighted by Gasteiger charge is 2.34. The maximum Gasteiger partial charge on any atom is 0.251 e.